The fourth-order valence-corrected chi connectivity index (χ4v) is 5.53. The number of aryl methyl sites for hydroxylation is 2. The quantitative estimate of drug-likeness (QED) is 0.555. The molecule has 26 heavy (non-hydrogen) atoms. The number of hydrogen-bond acceptors (Lipinski definition) is 6. The van der Waals surface area contributed by atoms with Gasteiger partial charge in [0.1, 0.15) is 4.83 Å². The maximum atomic E-state index is 13.0. The van der Waals surface area contributed by atoms with Crippen LogP contribution in [0.4, 0.5) is 0 Å². The second-order valence-corrected chi connectivity index (χ2v) is 8.68. The van der Waals surface area contributed by atoms with E-state index in [1.165, 1.54) is 21.0 Å². The topological polar surface area (TPSA) is 64.2 Å². The molecule has 0 atom stereocenters. The van der Waals surface area contributed by atoms with Gasteiger partial charge in [-0.2, -0.15) is 0 Å². The molecule has 0 bridgehead atoms. The summed E-state index contributed by atoms with van der Waals surface area (Å²) in [5, 5.41) is 4.16. The van der Waals surface area contributed by atoms with Gasteiger partial charge in [-0.25, -0.2) is 9.97 Å². The molecule has 0 saturated carbocycles. The van der Waals surface area contributed by atoms with Gasteiger partial charge in [-0.1, -0.05) is 0 Å². The molecule has 4 aromatic heterocycles. The Morgan fingerprint density at radius 1 is 1.31 bits per heavy atom. The lowest BCUT2D eigenvalue weighted by Gasteiger charge is -2.12. The van der Waals surface area contributed by atoms with Crippen LogP contribution in [-0.4, -0.2) is 25.5 Å². The van der Waals surface area contributed by atoms with Crippen LogP contribution in [0.25, 0.3) is 15.2 Å². The number of rotatable bonds is 2. The van der Waals surface area contributed by atoms with Crippen LogP contribution in [0.15, 0.2) is 17.3 Å². The molecule has 6 nitrogen and oxygen atoms in total. The van der Waals surface area contributed by atoms with Crippen LogP contribution in [-0.2, 0) is 19.5 Å². The molecule has 0 saturated heterocycles. The fourth-order valence-electron chi connectivity index (χ4n) is 3.42. The Morgan fingerprint density at radius 3 is 2.96 bits per heavy atom. The summed E-state index contributed by atoms with van der Waals surface area (Å²) < 4.78 is 3.79. The van der Waals surface area contributed by atoms with E-state index in [9.17, 15) is 4.79 Å². The lowest BCUT2D eigenvalue weighted by atomic mass is 10.1. The molecule has 5 rings (SSSR count). The Balaban J connectivity index is 0.00000168. The molecule has 1 N–H and O–H groups in total. The highest BCUT2D eigenvalue weighted by Gasteiger charge is 2.20. The average Bonchev–Trinajstić information content (AvgIpc) is 3.24. The lowest BCUT2D eigenvalue weighted by Crippen LogP contribution is -2.25. The van der Waals surface area contributed by atoms with Crippen LogP contribution in [0.3, 0.4) is 0 Å². The molecular formula is C17H18ClN5OS2. The van der Waals surface area contributed by atoms with E-state index in [2.05, 4.69) is 33.5 Å². The maximum Gasteiger partial charge on any atom is 0.262 e. The minimum absolute atomic E-state index is 0. The Labute approximate surface area is 163 Å². The van der Waals surface area contributed by atoms with E-state index in [0.717, 1.165) is 40.4 Å². The van der Waals surface area contributed by atoms with Gasteiger partial charge >= 0.3 is 0 Å². The molecule has 4 aromatic rings. The molecule has 0 aliphatic carbocycles. The highest BCUT2D eigenvalue weighted by molar-refractivity contribution is 7.18. The smallest absolute Gasteiger partial charge is 0.262 e. The lowest BCUT2D eigenvalue weighted by molar-refractivity contribution is 0.656. The second-order valence-electron chi connectivity index (χ2n) is 6.42. The number of thiophene rings is 1. The Morgan fingerprint density at radius 2 is 2.15 bits per heavy atom. The minimum Gasteiger partial charge on any atom is -0.312 e. The Bertz CT molecular complexity index is 1190. The molecule has 0 unspecified atom stereocenters. The van der Waals surface area contributed by atoms with Crippen molar-refractivity contribution in [2.45, 2.75) is 33.4 Å². The standard InChI is InChI=1S/C17H17N5OS2.ClH/c1-9-10(2)24-17-20-11(7-22(9)17)6-21-8-19-15-14(16(21)23)12-3-4-18-5-13(12)25-15;/h7-8,18H,3-6H2,1-2H3;1H. The van der Waals surface area contributed by atoms with Crippen molar-refractivity contribution in [1.82, 2.24) is 24.3 Å². The van der Waals surface area contributed by atoms with Crippen LogP contribution < -0.4 is 10.9 Å². The number of hydrogen-bond donors (Lipinski definition) is 1. The van der Waals surface area contributed by atoms with Gasteiger partial charge in [-0.15, -0.1) is 35.1 Å². The number of halogens is 1. The Hall–Kier alpha value is -1.74. The molecular weight excluding hydrogens is 390 g/mol. The molecule has 9 heteroatoms. The van der Waals surface area contributed by atoms with Gasteiger partial charge < -0.3 is 5.32 Å². The molecule has 0 amide bonds. The predicted molar refractivity (Wildman–Crippen MR) is 108 cm³/mol. The molecule has 1 aliphatic heterocycles. The Kier molecular flexibility index (Phi) is 4.38. The van der Waals surface area contributed by atoms with Crippen LogP contribution in [0.2, 0.25) is 0 Å². The van der Waals surface area contributed by atoms with Gasteiger partial charge in [0.2, 0.25) is 0 Å². The van der Waals surface area contributed by atoms with Gasteiger partial charge in [-0.05, 0) is 32.4 Å². The van der Waals surface area contributed by atoms with Gasteiger partial charge in [0.25, 0.3) is 5.56 Å². The zero-order valence-electron chi connectivity index (χ0n) is 14.4. The highest BCUT2D eigenvalue weighted by atomic mass is 35.5. The van der Waals surface area contributed by atoms with Crippen molar-refractivity contribution in [3.63, 3.8) is 0 Å². The zero-order chi connectivity index (χ0) is 17.1. The van der Waals surface area contributed by atoms with E-state index >= 15 is 0 Å². The van der Waals surface area contributed by atoms with E-state index in [0.29, 0.717) is 6.54 Å². The average molecular weight is 408 g/mol. The molecule has 5 heterocycles. The van der Waals surface area contributed by atoms with Gasteiger partial charge in [0.05, 0.1) is 24.0 Å². The van der Waals surface area contributed by atoms with Crippen molar-refractivity contribution < 1.29 is 0 Å². The van der Waals surface area contributed by atoms with E-state index in [1.54, 1.807) is 33.6 Å². The van der Waals surface area contributed by atoms with E-state index < -0.39 is 0 Å². The first kappa shape index (κ1) is 17.7. The zero-order valence-corrected chi connectivity index (χ0v) is 16.9. The molecule has 1 aliphatic rings. The molecule has 136 valence electrons. The van der Waals surface area contributed by atoms with Crippen molar-refractivity contribution in [2.75, 3.05) is 6.54 Å². The number of thiazole rings is 1. The predicted octanol–water partition coefficient (Wildman–Crippen LogP) is 2.90. The van der Waals surface area contributed by atoms with Gasteiger partial charge in [-0.3, -0.25) is 13.8 Å². The summed E-state index contributed by atoms with van der Waals surface area (Å²) in [4.78, 5) is 26.6. The number of nitrogens with zero attached hydrogens (tertiary/aromatic N) is 4. The van der Waals surface area contributed by atoms with Crippen LogP contribution >= 0.6 is 35.1 Å². The first-order chi connectivity index (χ1) is 12.1. The number of aromatic nitrogens is 4. The van der Waals surface area contributed by atoms with Crippen LogP contribution in [0.5, 0.6) is 0 Å². The third kappa shape index (κ3) is 2.60. The van der Waals surface area contributed by atoms with Gasteiger partial charge in [0, 0.05) is 28.2 Å². The molecule has 0 spiro atoms. The van der Waals surface area contributed by atoms with Crippen molar-refractivity contribution in [3.8, 4) is 0 Å². The summed E-state index contributed by atoms with van der Waals surface area (Å²) in [6.45, 7) is 6.41. The van der Waals surface area contributed by atoms with E-state index in [4.69, 9.17) is 0 Å². The molecule has 0 radical (unpaired) electrons. The number of imidazole rings is 1. The molecule has 0 aromatic carbocycles. The first-order valence-electron chi connectivity index (χ1n) is 8.26. The van der Waals surface area contributed by atoms with Crippen molar-refractivity contribution in [2.24, 2.45) is 0 Å². The van der Waals surface area contributed by atoms with Crippen molar-refractivity contribution in [3.05, 3.63) is 49.6 Å². The summed E-state index contributed by atoms with van der Waals surface area (Å²) in [5.74, 6) is 0. The third-order valence-corrected chi connectivity index (χ3v) is 7.08. The second kappa shape index (κ2) is 6.45. The first-order valence-corrected chi connectivity index (χ1v) is 9.89. The molecule has 0 fully saturated rings. The SMILES string of the molecule is Cc1sc2nc(Cn3cnc4sc5c(c4c3=O)CCNC5)cn2c1C.Cl. The number of nitrogens with one attached hydrogen (secondary N) is 1. The summed E-state index contributed by atoms with van der Waals surface area (Å²) >= 11 is 3.31. The van der Waals surface area contributed by atoms with Crippen LogP contribution in [0.1, 0.15) is 26.7 Å². The fraction of sp³-hybridized carbons (Fsp3) is 0.353. The van der Waals surface area contributed by atoms with Crippen LogP contribution in [0, 0.1) is 13.8 Å². The normalized spacial score (nSPS) is 13.9. The largest absolute Gasteiger partial charge is 0.312 e. The van der Waals surface area contributed by atoms with Crippen molar-refractivity contribution >= 4 is 50.3 Å². The number of fused-ring (bicyclic) bond motifs is 4. The highest BCUT2D eigenvalue weighted by Crippen LogP contribution is 2.29. The summed E-state index contributed by atoms with van der Waals surface area (Å²) in [5.41, 5.74) is 3.33. The summed E-state index contributed by atoms with van der Waals surface area (Å²) in [7, 11) is 0. The summed E-state index contributed by atoms with van der Waals surface area (Å²) in [6, 6.07) is 0. The summed E-state index contributed by atoms with van der Waals surface area (Å²) in [6.07, 6.45) is 4.58. The monoisotopic (exact) mass is 407 g/mol. The van der Waals surface area contributed by atoms with Crippen molar-refractivity contribution in [1.29, 1.82) is 0 Å². The van der Waals surface area contributed by atoms with E-state index in [1.807, 2.05) is 6.20 Å². The third-order valence-electron chi connectivity index (χ3n) is 4.87. The maximum absolute atomic E-state index is 13.0. The minimum atomic E-state index is 0. The van der Waals surface area contributed by atoms with Gasteiger partial charge in [0.15, 0.2) is 4.96 Å². The van der Waals surface area contributed by atoms with E-state index in [-0.39, 0.29) is 18.0 Å².